The molecule has 0 saturated carbocycles. The summed E-state index contributed by atoms with van der Waals surface area (Å²) in [6, 6.07) is 15.0. The van der Waals surface area contributed by atoms with E-state index in [0.717, 1.165) is 0 Å². The van der Waals surface area contributed by atoms with E-state index < -0.39 is 24.0 Å². The first-order valence-corrected chi connectivity index (χ1v) is 8.17. The molecule has 0 fully saturated rings. The number of nitrogens with zero attached hydrogens (tertiary/aromatic N) is 1. The van der Waals surface area contributed by atoms with Gasteiger partial charge < -0.3 is 20.6 Å². The standard InChI is InChI=1S/C19H19N3O4/c1-22-14-10-6-5-9-13(14)16(19(22)26)21-18(25)17(24)20-11-15(23)12-7-3-2-4-8-12/h2-10,15-16,23H,11H2,1H3,(H,20,24)(H,21,25)/t15-,16-/m1/s1. The molecule has 0 radical (unpaired) electrons. The number of hydrogen-bond acceptors (Lipinski definition) is 4. The van der Waals surface area contributed by atoms with Crippen molar-refractivity contribution in [2.45, 2.75) is 12.1 Å². The van der Waals surface area contributed by atoms with E-state index >= 15 is 0 Å². The average molecular weight is 353 g/mol. The molecule has 0 spiro atoms. The summed E-state index contributed by atoms with van der Waals surface area (Å²) in [6.45, 7) is -0.106. The van der Waals surface area contributed by atoms with Crippen molar-refractivity contribution in [2.24, 2.45) is 0 Å². The van der Waals surface area contributed by atoms with Crippen LogP contribution in [0.4, 0.5) is 5.69 Å². The quantitative estimate of drug-likeness (QED) is 0.704. The Balaban J connectivity index is 1.60. The lowest BCUT2D eigenvalue weighted by atomic mass is 10.1. The molecule has 3 amide bonds. The van der Waals surface area contributed by atoms with Crippen molar-refractivity contribution in [2.75, 3.05) is 18.5 Å². The van der Waals surface area contributed by atoms with Crippen LogP contribution >= 0.6 is 0 Å². The van der Waals surface area contributed by atoms with Crippen molar-refractivity contribution in [3.63, 3.8) is 0 Å². The third-order valence-corrected chi connectivity index (χ3v) is 4.31. The maximum atomic E-state index is 12.3. The molecule has 0 saturated heterocycles. The van der Waals surface area contributed by atoms with Gasteiger partial charge in [0.05, 0.1) is 6.10 Å². The zero-order valence-corrected chi connectivity index (χ0v) is 14.2. The lowest BCUT2D eigenvalue weighted by Gasteiger charge is -2.14. The summed E-state index contributed by atoms with van der Waals surface area (Å²) in [5, 5.41) is 14.9. The van der Waals surface area contributed by atoms with Crippen LogP contribution in [0.3, 0.4) is 0 Å². The molecule has 3 rings (SSSR count). The van der Waals surface area contributed by atoms with Gasteiger partial charge in [-0.15, -0.1) is 0 Å². The number of hydrogen-bond donors (Lipinski definition) is 3. The average Bonchev–Trinajstić information content (AvgIpc) is 2.91. The van der Waals surface area contributed by atoms with Gasteiger partial charge in [-0.1, -0.05) is 48.5 Å². The Hall–Kier alpha value is -3.19. The minimum absolute atomic E-state index is 0.106. The normalized spacial score (nSPS) is 16.8. The summed E-state index contributed by atoms with van der Waals surface area (Å²) in [4.78, 5) is 37.9. The zero-order chi connectivity index (χ0) is 18.7. The fraction of sp³-hybridized carbons (Fsp3) is 0.211. The van der Waals surface area contributed by atoms with Gasteiger partial charge in [-0.2, -0.15) is 0 Å². The number of carbonyl (C=O) groups excluding carboxylic acids is 3. The number of likely N-dealkylation sites (N-methyl/N-ethyl adjacent to an activating group) is 1. The highest BCUT2D eigenvalue weighted by Gasteiger charge is 2.36. The molecule has 2 atom stereocenters. The summed E-state index contributed by atoms with van der Waals surface area (Å²) in [6.07, 6.45) is -0.923. The number of fused-ring (bicyclic) bond motifs is 1. The Morgan fingerprint density at radius 3 is 2.46 bits per heavy atom. The zero-order valence-electron chi connectivity index (χ0n) is 14.2. The number of amides is 3. The molecule has 26 heavy (non-hydrogen) atoms. The number of carbonyl (C=O) groups is 3. The highest BCUT2D eigenvalue weighted by atomic mass is 16.3. The number of nitrogens with one attached hydrogen (secondary N) is 2. The molecule has 1 aliphatic heterocycles. The third-order valence-electron chi connectivity index (χ3n) is 4.31. The smallest absolute Gasteiger partial charge is 0.310 e. The van der Waals surface area contributed by atoms with Gasteiger partial charge in [0.15, 0.2) is 0 Å². The summed E-state index contributed by atoms with van der Waals surface area (Å²) in [5.74, 6) is -2.13. The molecule has 0 aromatic heterocycles. The van der Waals surface area contributed by atoms with E-state index in [9.17, 15) is 19.5 Å². The molecule has 2 aromatic rings. The van der Waals surface area contributed by atoms with Crippen molar-refractivity contribution >= 4 is 23.4 Å². The minimum atomic E-state index is -0.923. The molecule has 0 aliphatic carbocycles. The van der Waals surface area contributed by atoms with Crippen molar-refractivity contribution in [1.29, 1.82) is 0 Å². The number of benzene rings is 2. The maximum absolute atomic E-state index is 12.3. The van der Waals surface area contributed by atoms with E-state index in [1.807, 2.05) is 6.07 Å². The number of rotatable bonds is 4. The predicted octanol–water partition coefficient (Wildman–Crippen LogP) is 0.670. The van der Waals surface area contributed by atoms with Crippen LogP contribution in [-0.2, 0) is 14.4 Å². The molecule has 7 nitrogen and oxygen atoms in total. The highest BCUT2D eigenvalue weighted by Crippen LogP contribution is 2.34. The van der Waals surface area contributed by atoms with Crippen molar-refractivity contribution in [3.8, 4) is 0 Å². The van der Waals surface area contributed by atoms with E-state index in [1.165, 1.54) is 4.90 Å². The number of aliphatic hydroxyl groups excluding tert-OH is 1. The lowest BCUT2D eigenvalue weighted by Crippen LogP contribution is -2.45. The van der Waals surface area contributed by atoms with E-state index in [-0.39, 0.29) is 12.5 Å². The van der Waals surface area contributed by atoms with Crippen LogP contribution < -0.4 is 15.5 Å². The Morgan fingerprint density at radius 1 is 1.08 bits per heavy atom. The summed E-state index contributed by atoms with van der Waals surface area (Å²) in [5.41, 5.74) is 1.97. The minimum Gasteiger partial charge on any atom is -0.387 e. The second-order valence-corrected chi connectivity index (χ2v) is 6.00. The van der Waals surface area contributed by atoms with Crippen LogP contribution in [0, 0.1) is 0 Å². The Kier molecular flexibility index (Phi) is 4.99. The Morgan fingerprint density at radius 2 is 1.73 bits per heavy atom. The molecule has 1 aliphatic rings. The SMILES string of the molecule is CN1C(=O)[C@H](NC(=O)C(=O)NC[C@@H](O)c2ccccc2)c2ccccc21. The second kappa shape index (κ2) is 7.37. The molecule has 2 aromatic carbocycles. The highest BCUT2D eigenvalue weighted by molar-refractivity contribution is 6.35. The molecule has 3 N–H and O–H groups in total. The van der Waals surface area contributed by atoms with E-state index in [4.69, 9.17) is 0 Å². The van der Waals surface area contributed by atoms with E-state index in [2.05, 4.69) is 10.6 Å². The van der Waals surface area contributed by atoms with Crippen LogP contribution in [0.25, 0.3) is 0 Å². The molecule has 0 bridgehead atoms. The van der Waals surface area contributed by atoms with Gasteiger partial charge in [0, 0.05) is 24.8 Å². The van der Waals surface area contributed by atoms with Gasteiger partial charge in [-0.05, 0) is 11.6 Å². The number of aliphatic hydroxyl groups is 1. The monoisotopic (exact) mass is 353 g/mol. The van der Waals surface area contributed by atoms with Crippen LogP contribution in [0.1, 0.15) is 23.3 Å². The molecule has 134 valence electrons. The molecule has 7 heteroatoms. The maximum Gasteiger partial charge on any atom is 0.310 e. The number of anilines is 1. The first-order chi connectivity index (χ1) is 12.5. The van der Waals surface area contributed by atoms with Gasteiger partial charge in [-0.25, -0.2) is 0 Å². The summed E-state index contributed by atoms with van der Waals surface area (Å²) < 4.78 is 0. The van der Waals surface area contributed by atoms with Crippen LogP contribution in [-0.4, -0.2) is 36.4 Å². The van der Waals surface area contributed by atoms with Gasteiger partial charge in [-0.3, -0.25) is 14.4 Å². The second-order valence-electron chi connectivity index (χ2n) is 6.00. The molecule has 1 heterocycles. The topological polar surface area (TPSA) is 98.7 Å². The lowest BCUT2D eigenvalue weighted by molar-refractivity contribution is -0.140. The van der Waals surface area contributed by atoms with E-state index in [0.29, 0.717) is 16.8 Å². The Labute approximate surface area is 150 Å². The van der Waals surface area contributed by atoms with Crippen molar-refractivity contribution < 1.29 is 19.5 Å². The van der Waals surface area contributed by atoms with Crippen LogP contribution in [0.15, 0.2) is 54.6 Å². The van der Waals surface area contributed by atoms with Gasteiger partial charge in [0.1, 0.15) is 6.04 Å². The third kappa shape index (κ3) is 3.43. The van der Waals surface area contributed by atoms with Crippen molar-refractivity contribution in [1.82, 2.24) is 10.6 Å². The Bertz CT molecular complexity index is 838. The predicted molar refractivity (Wildman–Crippen MR) is 95.1 cm³/mol. The van der Waals surface area contributed by atoms with Gasteiger partial charge in [0.25, 0.3) is 5.91 Å². The first-order valence-electron chi connectivity index (χ1n) is 8.17. The fourth-order valence-electron chi connectivity index (χ4n) is 2.88. The fourth-order valence-corrected chi connectivity index (χ4v) is 2.88. The van der Waals surface area contributed by atoms with Crippen LogP contribution in [0.5, 0.6) is 0 Å². The molecule has 0 unspecified atom stereocenters. The largest absolute Gasteiger partial charge is 0.387 e. The summed E-state index contributed by atoms with van der Waals surface area (Å²) in [7, 11) is 1.61. The molecular weight excluding hydrogens is 334 g/mol. The number of para-hydroxylation sites is 1. The molecular formula is C19H19N3O4. The summed E-state index contributed by atoms with van der Waals surface area (Å²) >= 11 is 0. The van der Waals surface area contributed by atoms with Gasteiger partial charge >= 0.3 is 11.8 Å². The van der Waals surface area contributed by atoms with Crippen molar-refractivity contribution in [3.05, 3.63) is 65.7 Å². The van der Waals surface area contributed by atoms with Gasteiger partial charge in [0.2, 0.25) is 0 Å². The van der Waals surface area contributed by atoms with Crippen LogP contribution in [0.2, 0.25) is 0 Å². The first kappa shape index (κ1) is 17.6. The van der Waals surface area contributed by atoms with E-state index in [1.54, 1.807) is 55.6 Å².